The second-order valence-electron chi connectivity index (χ2n) is 1.50. The fourth-order valence-electron chi connectivity index (χ4n) is 0.487. The van der Waals surface area contributed by atoms with E-state index >= 15 is 0 Å². The lowest BCUT2D eigenvalue weighted by Crippen LogP contribution is -1.86. The average molecular weight is 106 g/mol. The Morgan fingerprint density at radius 3 is 2.43 bits per heavy atom. The minimum atomic E-state index is -2.82. The van der Waals surface area contributed by atoms with E-state index in [4.69, 9.17) is 11.0 Å². The highest BCUT2D eigenvalue weighted by atomic mass is 14.2. The fraction of sp³-hybridized carbons (Fsp3) is 1.00. The van der Waals surface area contributed by atoms with Crippen molar-refractivity contribution in [2.75, 3.05) is 0 Å². The van der Waals surface area contributed by atoms with Gasteiger partial charge in [0.25, 0.3) is 0 Å². The van der Waals surface area contributed by atoms with E-state index < -0.39 is 31.4 Å². The van der Waals surface area contributed by atoms with Gasteiger partial charge in [0, 0.05) is 11.0 Å². The predicted octanol–water partition coefficient (Wildman–Crippen LogP) is 2.59. The molecule has 0 heteroatoms. The van der Waals surface area contributed by atoms with Crippen molar-refractivity contribution in [3.8, 4) is 0 Å². The zero-order chi connectivity index (χ0) is 12.3. The molecule has 0 bridgehead atoms. The maximum atomic E-state index is 7.57. The van der Waals surface area contributed by atoms with Crippen molar-refractivity contribution in [3.63, 3.8) is 0 Å². The fourth-order valence-corrected chi connectivity index (χ4v) is 0.487. The highest BCUT2D eigenvalue weighted by Crippen LogP contribution is 2.26. The molecule has 0 N–H and O–H groups in total. The Balaban J connectivity index is 3.40. The van der Waals surface area contributed by atoms with Gasteiger partial charge in [-0.15, -0.1) is 0 Å². The third kappa shape index (κ3) is 1.19. The quantitative estimate of drug-likeness (QED) is 0.482. The van der Waals surface area contributed by atoms with Crippen molar-refractivity contribution in [2.45, 2.75) is 38.8 Å². The maximum absolute atomic E-state index is 7.57. The first kappa shape index (κ1) is 1.12. The zero-order valence-corrected chi connectivity index (χ0v) is 4.28. The largest absolute Gasteiger partial charge is 0.0651 e. The molecule has 0 spiro atoms. The van der Waals surface area contributed by atoms with Crippen LogP contribution < -0.4 is 0 Å². The lowest BCUT2D eigenvalue weighted by atomic mass is 10.1. The summed E-state index contributed by atoms with van der Waals surface area (Å²) >= 11 is 0. The smallest absolute Gasteiger partial charge is 0.0269 e. The van der Waals surface area contributed by atoms with Crippen LogP contribution in [-0.4, -0.2) is 0 Å². The van der Waals surface area contributed by atoms with Crippen LogP contribution in [-0.2, 0) is 0 Å². The monoisotopic (exact) mass is 106 g/mol. The highest BCUT2D eigenvalue weighted by molar-refractivity contribution is 4.64. The summed E-state index contributed by atoms with van der Waals surface area (Å²) in [6, 6.07) is 0. The molecule has 0 amide bonds. The Bertz CT molecular complexity index is 242. The molecule has 7 heavy (non-hydrogen) atoms. The Morgan fingerprint density at radius 2 is 2.14 bits per heavy atom. The van der Waals surface area contributed by atoms with Gasteiger partial charge < -0.3 is 0 Å². The second kappa shape index (κ2) is 2.34. The zero-order valence-electron chi connectivity index (χ0n) is 12.3. The molecule has 1 rings (SSSR count). The van der Waals surface area contributed by atoms with E-state index in [1.165, 1.54) is 6.92 Å². The average Bonchev–Trinajstić information content (AvgIpc) is 2.07. The van der Waals surface area contributed by atoms with Gasteiger partial charge in [0.05, 0.1) is 0 Å². The lowest BCUT2D eigenvalue weighted by Gasteiger charge is -1.99. The van der Waals surface area contributed by atoms with Crippen LogP contribution in [0.3, 0.4) is 0 Å². The van der Waals surface area contributed by atoms with E-state index in [0.29, 0.717) is 0 Å². The summed E-state index contributed by atoms with van der Waals surface area (Å²) in [5.74, 6) is -1.27. The molecule has 0 unspecified atom stereocenters. The van der Waals surface area contributed by atoms with Gasteiger partial charge in [0.1, 0.15) is 0 Å². The summed E-state index contributed by atoms with van der Waals surface area (Å²) in [5, 5.41) is 0. The van der Waals surface area contributed by atoms with Crippen LogP contribution in [0.15, 0.2) is 0 Å². The van der Waals surface area contributed by atoms with Gasteiger partial charge in [0.15, 0.2) is 0 Å². The predicted molar refractivity (Wildman–Crippen MR) is 32.2 cm³/mol. The van der Waals surface area contributed by atoms with Crippen molar-refractivity contribution in [1.82, 2.24) is 0 Å². The van der Waals surface area contributed by atoms with Crippen LogP contribution in [0, 0.1) is 5.92 Å². The lowest BCUT2D eigenvalue weighted by molar-refractivity contribution is 0.531. The van der Waals surface area contributed by atoms with Crippen molar-refractivity contribution >= 4 is 0 Å². The van der Waals surface area contributed by atoms with Crippen LogP contribution in [0.25, 0.3) is 0 Å². The molecule has 0 radical (unpaired) electrons. The van der Waals surface area contributed by atoms with Gasteiger partial charge in [-0.3, -0.25) is 0 Å². The Morgan fingerprint density at radius 1 is 1.57 bits per heavy atom. The standard InChI is InChI=1S/C7H14/c1-2-7-5-3-4-6-7/h7H,2-6H2,1H3/i3D2,4D2,5D2,6D2. The molecule has 0 atom stereocenters. The summed E-state index contributed by atoms with van der Waals surface area (Å²) in [7, 11) is 0. The van der Waals surface area contributed by atoms with Crippen molar-refractivity contribution in [2.24, 2.45) is 5.92 Å². The van der Waals surface area contributed by atoms with Crippen LogP contribution in [0.5, 0.6) is 0 Å². The molecule has 1 saturated carbocycles. The highest BCUT2D eigenvalue weighted by Gasteiger charge is 2.11. The maximum Gasteiger partial charge on any atom is 0.0269 e. The molecule has 0 saturated heterocycles. The Kier molecular flexibility index (Phi) is 0.375. The molecule has 0 aromatic rings. The molecular weight excluding hydrogens is 84.1 g/mol. The molecule has 1 aliphatic carbocycles. The van der Waals surface area contributed by atoms with Gasteiger partial charge in [-0.1, -0.05) is 38.8 Å². The van der Waals surface area contributed by atoms with Crippen molar-refractivity contribution in [1.29, 1.82) is 0 Å². The topological polar surface area (TPSA) is 0 Å². The van der Waals surface area contributed by atoms with E-state index in [0.717, 1.165) is 0 Å². The third-order valence-corrected chi connectivity index (χ3v) is 0.964. The first-order valence-electron chi connectivity index (χ1n) is 6.44. The van der Waals surface area contributed by atoms with E-state index in [1.54, 1.807) is 0 Å². The summed E-state index contributed by atoms with van der Waals surface area (Å²) in [6.45, 7) is 1.54. The Hall–Kier alpha value is 0. The Labute approximate surface area is 57.2 Å². The van der Waals surface area contributed by atoms with E-state index in [-0.39, 0.29) is 6.42 Å². The van der Waals surface area contributed by atoms with E-state index in [2.05, 4.69) is 0 Å². The summed E-state index contributed by atoms with van der Waals surface area (Å²) in [4.78, 5) is 0. The normalized spacial score (nSPS) is 69.3. The van der Waals surface area contributed by atoms with Crippen LogP contribution in [0.4, 0.5) is 0 Å². The van der Waals surface area contributed by atoms with Crippen LogP contribution >= 0.6 is 0 Å². The molecule has 0 nitrogen and oxygen atoms in total. The van der Waals surface area contributed by atoms with E-state index in [1.807, 2.05) is 0 Å². The molecule has 0 aromatic heterocycles. The second-order valence-corrected chi connectivity index (χ2v) is 1.50. The number of hydrogen-bond donors (Lipinski definition) is 0. The van der Waals surface area contributed by atoms with E-state index in [9.17, 15) is 0 Å². The molecule has 0 aliphatic heterocycles. The number of hydrogen-bond acceptors (Lipinski definition) is 0. The molecular formula is C7H14. The van der Waals surface area contributed by atoms with Gasteiger partial charge in [-0.2, -0.15) is 0 Å². The minimum Gasteiger partial charge on any atom is -0.0651 e. The van der Waals surface area contributed by atoms with Gasteiger partial charge >= 0.3 is 0 Å². The molecule has 0 heterocycles. The summed E-state index contributed by atoms with van der Waals surface area (Å²) in [6.07, 6.45) is -10.5. The first-order chi connectivity index (χ1) is 6.44. The van der Waals surface area contributed by atoms with Crippen molar-refractivity contribution < 1.29 is 11.0 Å². The van der Waals surface area contributed by atoms with Gasteiger partial charge in [-0.25, -0.2) is 0 Å². The van der Waals surface area contributed by atoms with Crippen LogP contribution in [0.2, 0.25) is 0 Å². The first-order valence-corrected chi connectivity index (χ1v) is 2.44. The van der Waals surface area contributed by atoms with Crippen molar-refractivity contribution in [3.05, 3.63) is 0 Å². The molecule has 1 aliphatic rings. The molecule has 42 valence electrons. The number of rotatable bonds is 1. The minimum absolute atomic E-state index is 0.0685. The van der Waals surface area contributed by atoms with Crippen LogP contribution in [0.1, 0.15) is 49.8 Å². The van der Waals surface area contributed by atoms with Gasteiger partial charge in [-0.05, 0) is 5.92 Å². The molecule has 1 fully saturated rings. The molecule has 0 aromatic carbocycles. The third-order valence-electron chi connectivity index (χ3n) is 0.964. The van der Waals surface area contributed by atoms with Gasteiger partial charge in [0.2, 0.25) is 0 Å². The SMILES string of the molecule is [2H]C1([2H])C(CC)C([2H])([2H])C([2H])([2H])C1([2H])[2H]. The summed E-state index contributed by atoms with van der Waals surface area (Å²) < 4.78 is 60.1. The summed E-state index contributed by atoms with van der Waals surface area (Å²) in [5.41, 5.74) is 0.